The highest BCUT2D eigenvalue weighted by molar-refractivity contribution is 5.86. The molecule has 1 fully saturated rings. The predicted molar refractivity (Wildman–Crippen MR) is 158 cm³/mol. The number of rotatable bonds is 9. The second-order valence-electron chi connectivity index (χ2n) is 10.0. The molecule has 0 bridgehead atoms. The standard InChI is InChI=1S/C31H33N5O6/c1-39-26-16-21-15-22(19-37)33-29(25(21)18-27(26)40-2)20-7-8-32-28(17-20)36-31(38)24-6-4-3-5-23(24)30(34-36)42-14-11-35-9-12-41-13-10-35/h3-8,15-18,22,33,37H,9-14,19H2,1-2H3/t22-/m0/s1. The lowest BCUT2D eigenvalue weighted by Crippen LogP contribution is -2.44. The summed E-state index contributed by atoms with van der Waals surface area (Å²) in [5, 5.41) is 20.9. The molecule has 4 aromatic rings. The van der Waals surface area contributed by atoms with Crippen LogP contribution in [0.3, 0.4) is 0 Å². The fourth-order valence-corrected chi connectivity index (χ4v) is 5.32. The van der Waals surface area contributed by atoms with Crippen LogP contribution in [0.1, 0.15) is 5.56 Å². The smallest absolute Gasteiger partial charge is 0.281 e. The van der Waals surface area contributed by atoms with Crippen molar-refractivity contribution < 1.29 is 24.1 Å². The topological polar surface area (TPSA) is 120 Å². The highest BCUT2D eigenvalue weighted by atomic mass is 16.5. The number of hydrogen-bond donors (Lipinski definition) is 2. The summed E-state index contributed by atoms with van der Waals surface area (Å²) >= 11 is 0. The molecule has 0 spiro atoms. The minimum Gasteiger partial charge on any atom is -0.493 e. The zero-order valence-electron chi connectivity index (χ0n) is 23.6. The Labute approximate surface area is 242 Å². The predicted octanol–water partition coefficient (Wildman–Crippen LogP) is 0.410. The highest BCUT2D eigenvalue weighted by Crippen LogP contribution is 2.24. The van der Waals surface area contributed by atoms with E-state index in [9.17, 15) is 9.90 Å². The van der Waals surface area contributed by atoms with Crippen LogP contribution in [0.5, 0.6) is 17.4 Å². The van der Waals surface area contributed by atoms with Gasteiger partial charge in [-0.25, -0.2) is 4.98 Å². The van der Waals surface area contributed by atoms with E-state index >= 15 is 0 Å². The van der Waals surface area contributed by atoms with Gasteiger partial charge < -0.3 is 29.4 Å². The lowest BCUT2D eigenvalue weighted by atomic mass is 10.0. The maximum atomic E-state index is 13.6. The van der Waals surface area contributed by atoms with Crippen LogP contribution in [-0.4, -0.2) is 91.1 Å². The van der Waals surface area contributed by atoms with E-state index in [1.54, 1.807) is 32.5 Å². The first kappa shape index (κ1) is 27.7. The quantitative estimate of drug-likeness (QED) is 0.292. The van der Waals surface area contributed by atoms with Crippen molar-refractivity contribution in [1.29, 1.82) is 0 Å². The molecule has 2 N–H and O–H groups in total. The van der Waals surface area contributed by atoms with Gasteiger partial charge in [-0.2, -0.15) is 4.68 Å². The second kappa shape index (κ2) is 12.2. The lowest BCUT2D eigenvalue weighted by molar-refractivity contribution is 0.0320. The summed E-state index contributed by atoms with van der Waals surface area (Å²) in [6.45, 7) is 4.19. The van der Waals surface area contributed by atoms with Gasteiger partial charge in [-0.3, -0.25) is 9.69 Å². The Morgan fingerprint density at radius 2 is 1.81 bits per heavy atom. The molecule has 6 rings (SSSR count). The second-order valence-corrected chi connectivity index (χ2v) is 10.0. The van der Waals surface area contributed by atoms with Gasteiger partial charge in [0.1, 0.15) is 6.61 Å². The third-order valence-corrected chi connectivity index (χ3v) is 7.50. The monoisotopic (exact) mass is 571 g/mol. The molecule has 1 atom stereocenters. The number of hydrogen-bond acceptors (Lipinski definition) is 10. The van der Waals surface area contributed by atoms with Gasteiger partial charge in [0.05, 0.1) is 56.6 Å². The summed E-state index contributed by atoms with van der Waals surface area (Å²) in [7, 11) is 3.17. The van der Waals surface area contributed by atoms with Crippen molar-refractivity contribution in [2.24, 2.45) is 0 Å². The number of fused-ring (bicyclic) bond motifs is 2. The summed E-state index contributed by atoms with van der Waals surface area (Å²) in [4.78, 5) is 20.4. The fourth-order valence-electron chi connectivity index (χ4n) is 5.32. The number of ether oxygens (including phenoxy) is 4. The fraction of sp³-hybridized carbons (Fsp3) is 0.323. The van der Waals surface area contributed by atoms with Crippen molar-refractivity contribution in [3.05, 3.63) is 81.1 Å². The summed E-state index contributed by atoms with van der Waals surface area (Å²) in [6.07, 6.45) is 3.58. The average molecular weight is 572 g/mol. The number of morpholine rings is 1. The molecule has 2 aromatic heterocycles. The highest BCUT2D eigenvalue weighted by Gasteiger charge is 2.19. The van der Waals surface area contributed by atoms with E-state index in [-0.39, 0.29) is 18.2 Å². The Morgan fingerprint density at radius 1 is 1.05 bits per heavy atom. The van der Waals surface area contributed by atoms with Gasteiger partial charge in [-0.05, 0) is 41.6 Å². The molecule has 0 amide bonds. The van der Waals surface area contributed by atoms with Crippen LogP contribution in [0.2, 0.25) is 0 Å². The molecule has 0 saturated carbocycles. The molecular weight excluding hydrogens is 538 g/mol. The van der Waals surface area contributed by atoms with Crippen molar-refractivity contribution in [3.8, 4) is 23.2 Å². The zero-order chi connectivity index (χ0) is 29.1. The van der Waals surface area contributed by atoms with Gasteiger partial charge in [0, 0.05) is 36.6 Å². The summed E-state index contributed by atoms with van der Waals surface area (Å²) in [5.74, 6) is 1.87. The third-order valence-electron chi connectivity index (χ3n) is 7.50. The van der Waals surface area contributed by atoms with E-state index in [2.05, 4.69) is 20.3 Å². The lowest BCUT2D eigenvalue weighted by Gasteiger charge is -2.26. The van der Waals surface area contributed by atoms with Crippen LogP contribution < -0.4 is 35.5 Å². The van der Waals surface area contributed by atoms with Gasteiger partial charge in [0.2, 0.25) is 5.88 Å². The Bertz CT molecular complexity index is 1780. The molecule has 4 heterocycles. The molecule has 0 radical (unpaired) electrons. The van der Waals surface area contributed by atoms with Gasteiger partial charge in [0.15, 0.2) is 17.3 Å². The zero-order valence-corrected chi connectivity index (χ0v) is 23.6. The number of aliphatic hydroxyl groups is 1. The molecule has 0 unspecified atom stereocenters. The number of nitrogens with one attached hydrogen (secondary N) is 1. The number of benzene rings is 2. The average Bonchev–Trinajstić information content (AvgIpc) is 3.05. The molecule has 2 aromatic carbocycles. The first-order valence-electron chi connectivity index (χ1n) is 13.9. The van der Waals surface area contributed by atoms with Crippen LogP contribution in [0.4, 0.5) is 0 Å². The van der Waals surface area contributed by atoms with E-state index in [0.29, 0.717) is 53.8 Å². The Balaban J connectivity index is 1.42. The van der Waals surface area contributed by atoms with E-state index in [4.69, 9.17) is 18.9 Å². The summed E-state index contributed by atoms with van der Waals surface area (Å²) < 4.78 is 23.9. The maximum Gasteiger partial charge on any atom is 0.281 e. The summed E-state index contributed by atoms with van der Waals surface area (Å²) in [5.41, 5.74) is 1.22. The van der Waals surface area contributed by atoms with Crippen LogP contribution in [0, 0.1) is 0 Å². The number of nitrogens with zero attached hydrogens (tertiary/aromatic N) is 4. The SMILES string of the molecule is COc1cc2c(cc1OC)=C(c1ccnc(-n3nc(OCCN4CCOCC4)c4ccccc4c3=O)c1)N[C@H](CO)C=2. The number of aliphatic hydroxyl groups excluding tert-OH is 1. The van der Waals surface area contributed by atoms with Crippen molar-refractivity contribution >= 4 is 22.5 Å². The van der Waals surface area contributed by atoms with Gasteiger partial charge in [-0.15, -0.1) is 5.10 Å². The molecule has 0 aliphatic carbocycles. The van der Waals surface area contributed by atoms with Crippen LogP contribution >= 0.6 is 0 Å². The first-order chi connectivity index (χ1) is 20.6. The minimum absolute atomic E-state index is 0.105. The molecular formula is C31H33N5O6. The Morgan fingerprint density at radius 3 is 2.57 bits per heavy atom. The molecule has 1 saturated heterocycles. The maximum absolute atomic E-state index is 13.6. The number of aromatic nitrogens is 3. The van der Waals surface area contributed by atoms with Gasteiger partial charge in [-0.1, -0.05) is 18.2 Å². The van der Waals surface area contributed by atoms with Crippen molar-refractivity contribution in [3.63, 3.8) is 0 Å². The summed E-state index contributed by atoms with van der Waals surface area (Å²) in [6, 6.07) is 14.4. The Hall–Kier alpha value is -4.45. The molecule has 2 aliphatic rings. The number of methoxy groups -OCH3 is 2. The van der Waals surface area contributed by atoms with Crippen molar-refractivity contribution in [2.75, 3.05) is 60.3 Å². The third kappa shape index (κ3) is 5.41. The van der Waals surface area contributed by atoms with Gasteiger partial charge in [0.25, 0.3) is 5.56 Å². The van der Waals surface area contributed by atoms with Crippen LogP contribution in [0.15, 0.2) is 59.5 Å². The van der Waals surface area contributed by atoms with E-state index < -0.39 is 0 Å². The molecule has 218 valence electrons. The largest absolute Gasteiger partial charge is 0.493 e. The van der Waals surface area contributed by atoms with E-state index in [1.165, 1.54) is 4.68 Å². The van der Waals surface area contributed by atoms with Crippen LogP contribution in [-0.2, 0) is 4.74 Å². The molecule has 42 heavy (non-hydrogen) atoms. The van der Waals surface area contributed by atoms with E-state index in [0.717, 1.165) is 41.3 Å². The molecule has 11 nitrogen and oxygen atoms in total. The normalized spacial score (nSPS) is 16.8. The van der Waals surface area contributed by atoms with Crippen LogP contribution in [0.25, 0.3) is 28.4 Å². The Kier molecular flexibility index (Phi) is 8.04. The first-order valence-corrected chi connectivity index (χ1v) is 13.9. The van der Waals surface area contributed by atoms with Gasteiger partial charge >= 0.3 is 0 Å². The minimum atomic E-state index is -0.324. The van der Waals surface area contributed by atoms with Crippen molar-refractivity contribution in [1.82, 2.24) is 25.0 Å². The van der Waals surface area contributed by atoms with E-state index in [1.807, 2.05) is 42.5 Å². The number of pyridine rings is 1. The van der Waals surface area contributed by atoms with Crippen molar-refractivity contribution in [2.45, 2.75) is 6.04 Å². The molecule has 11 heteroatoms. The molecule has 2 aliphatic heterocycles.